The van der Waals surface area contributed by atoms with Crippen molar-refractivity contribution < 1.29 is 19.4 Å². The van der Waals surface area contributed by atoms with E-state index in [9.17, 15) is 9.59 Å². The van der Waals surface area contributed by atoms with Gasteiger partial charge in [0.1, 0.15) is 5.75 Å². The van der Waals surface area contributed by atoms with Gasteiger partial charge in [0, 0.05) is 13.1 Å². The van der Waals surface area contributed by atoms with Crippen LogP contribution in [-0.2, 0) is 9.59 Å². The number of aliphatic carboxylic acids is 1. The van der Waals surface area contributed by atoms with Crippen LogP contribution < -0.4 is 10.1 Å². The van der Waals surface area contributed by atoms with Gasteiger partial charge in [0.2, 0.25) is 0 Å². The van der Waals surface area contributed by atoms with E-state index < -0.39 is 12.1 Å². The van der Waals surface area contributed by atoms with E-state index in [-0.39, 0.29) is 5.91 Å². The smallest absolute Gasteiger partial charge is 0.328 e. The molecule has 0 saturated heterocycles. The molecule has 1 rings (SSSR count). The zero-order valence-electron chi connectivity index (χ0n) is 10.1. The highest BCUT2D eigenvalue weighted by molar-refractivity contribution is 5.84. The van der Waals surface area contributed by atoms with E-state index in [0.717, 1.165) is 6.08 Å². The molecule has 1 atom stereocenters. The number of carbonyl (C=O) groups is 2. The highest BCUT2D eigenvalue weighted by atomic mass is 16.5. The van der Waals surface area contributed by atoms with Gasteiger partial charge in [-0.2, -0.15) is 0 Å². The van der Waals surface area contributed by atoms with E-state index >= 15 is 0 Å². The molecule has 6 nitrogen and oxygen atoms in total. The third-order valence-corrected chi connectivity index (χ3v) is 2.08. The van der Waals surface area contributed by atoms with E-state index in [1.54, 1.807) is 19.1 Å². The summed E-state index contributed by atoms with van der Waals surface area (Å²) in [6.45, 7) is 1.62. The van der Waals surface area contributed by atoms with E-state index in [2.05, 4.69) is 10.3 Å². The summed E-state index contributed by atoms with van der Waals surface area (Å²) in [4.78, 5) is 25.5. The highest BCUT2D eigenvalue weighted by Gasteiger charge is 2.12. The quantitative estimate of drug-likeness (QED) is 0.751. The summed E-state index contributed by atoms with van der Waals surface area (Å²) in [5.74, 6) is -0.825. The fraction of sp³-hybridized carbons (Fsp3) is 0.250. The van der Waals surface area contributed by atoms with E-state index in [4.69, 9.17) is 9.84 Å². The molecule has 0 spiro atoms. The van der Waals surface area contributed by atoms with E-state index in [1.807, 2.05) is 0 Å². The van der Waals surface area contributed by atoms with Crippen LogP contribution in [0, 0.1) is 0 Å². The molecule has 0 aliphatic heterocycles. The molecule has 6 heteroatoms. The number of carbonyl (C=O) groups excluding carboxylic acids is 1. The van der Waals surface area contributed by atoms with Crippen LogP contribution in [0.15, 0.2) is 24.4 Å². The minimum Gasteiger partial charge on any atom is -0.479 e. The second-order valence-corrected chi connectivity index (χ2v) is 3.46. The average molecular weight is 250 g/mol. The number of likely N-dealkylation sites (N-methyl/N-ethyl adjacent to an activating group) is 1. The molecule has 1 unspecified atom stereocenters. The predicted octanol–water partition coefficient (Wildman–Crippen LogP) is 0.693. The molecule has 0 aliphatic rings. The number of nitrogens with one attached hydrogen (secondary N) is 1. The van der Waals surface area contributed by atoms with Crippen LogP contribution in [0.25, 0.3) is 6.08 Å². The average Bonchev–Trinajstić information content (AvgIpc) is 2.36. The molecular weight excluding hydrogens is 236 g/mol. The fourth-order valence-electron chi connectivity index (χ4n) is 1.18. The summed E-state index contributed by atoms with van der Waals surface area (Å²) in [5, 5.41) is 10.9. The Morgan fingerprint density at radius 2 is 2.22 bits per heavy atom. The molecule has 0 fully saturated rings. The largest absolute Gasteiger partial charge is 0.479 e. The molecule has 0 bridgehead atoms. The van der Waals surface area contributed by atoms with Crippen molar-refractivity contribution in [1.29, 1.82) is 0 Å². The molecular formula is C12H14N2O4. The van der Waals surface area contributed by atoms with Gasteiger partial charge in [0.25, 0.3) is 5.91 Å². The molecule has 1 aromatic heterocycles. The Labute approximate surface area is 104 Å². The molecule has 0 radical (unpaired) electrons. The molecule has 18 heavy (non-hydrogen) atoms. The lowest BCUT2D eigenvalue weighted by Gasteiger charge is -2.12. The van der Waals surface area contributed by atoms with Crippen molar-refractivity contribution in [3.63, 3.8) is 0 Å². The van der Waals surface area contributed by atoms with Crippen molar-refractivity contribution in [2.45, 2.75) is 13.0 Å². The second-order valence-electron chi connectivity index (χ2n) is 3.46. The maximum absolute atomic E-state index is 11.2. The van der Waals surface area contributed by atoms with E-state index in [0.29, 0.717) is 11.4 Å². The number of amides is 1. The lowest BCUT2D eigenvalue weighted by atomic mass is 10.3. The number of rotatable bonds is 5. The maximum atomic E-state index is 11.2. The Hall–Kier alpha value is -2.37. The fourth-order valence-corrected chi connectivity index (χ4v) is 1.18. The summed E-state index contributed by atoms with van der Waals surface area (Å²) in [6, 6.07) is 3.22. The Bertz CT molecular complexity index is 454. The van der Waals surface area contributed by atoms with Gasteiger partial charge in [-0.05, 0) is 25.1 Å². The summed E-state index contributed by atoms with van der Waals surface area (Å²) < 4.78 is 5.33. The van der Waals surface area contributed by atoms with Crippen molar-refractivity contribution in [3.05, 3.63) is 30.1 Å². The lowest BCUT2D eigenvalue weighted by molar-refractivity contribution is -0.131. The van der Waals surface area contributed by atoms with Crippen LogP contribution in [0.3, 0.4) is 0 Å². The molecule has 2 N–H and O–H groups in total. The Morgan fingerprint density at radius 1 is 1.50 bits per heavy atom. The van der Waals surface area contributed by atoms with Gasteiger partial charge in [-0.1, -0.05) is 0 Å². The Morgan fingerprint density at radius 3 is 2.72 bits per heavy atom. The molecule has 1 heterocycles. The predicted molar refractivity (Wildman–Crippen MR) is 65.1 cm³/mol. The molecule has 0 aliphatic carbocycles. The van der Waals surface area contributed by atoms with Crippen molar-refractivity contribution >= 4 is 18.0 Å². The first-order chi connectivity index (χ1) is 8.52. The van der Waals surface area contributed by atoms with Gasteiger partial charge in [-0.15, -0.1) is 0 Å². The zero-order chi connectivity index (χ0) is 13.5. The SMILES string of the molecule is CNC(=O)C(C)Oc1ccc(C=CC(=O)O)nc1. The zero-order valence-corrected chi connectivity index (χ0v) is 10.1. The molecule has 96 valence electrons. The number of hydrogen-bond donors (Lipinski definition) is 2. The number of nitrogens with zero attached hydrogens (tertiary/aromatic N) is 1. The summed E-state index contributed by atoms with van der Waals surface area (Å²) >= 11 is 0. The number of carboxylic acid groups (broad SMARTS) is 1. The van der Waals surface area contributed by atoms with Gasteiger partial charge in [-0.25, -0.2) is 4.79 Å². The number of ether oxygens (including phenoxy) is 1. The van der Waals surface area contributed by atoms with Crippen LogP contribution in [0.4, 0.5) is 0 Å². The third-order valence-electron chi connectivity index (χ3n) is 2.08. The summed E-state index contributed by atoms with van der Waals surface area (Å²) in [6.07, 6.45) is 3.18. The summed E-state index contributed by atoms with van der Waals surface area (Å²) in [5.41, 5.74) is 0.498. The highest BCUT2D eigenvalue weighted by Crippen LogP contribution is 2.12. The van der Waals surface area contributed by atoms with Crippen molar-refractivity contribution in [2.24, 2.45) is 0 Å². The monoisotopic (exact) mass is 250 g/mol. The van der Waals surface area contributed by atoms with Crippen LogP contribution in [0.1, 0.15) is 12.6 Å². The van der Waals surface area contributed by atoms with Crippen molar-refractivity contribution in [3.8, 4) is 5.75 Å². The molecule has 1 aromatic rings. The first-order valence-electron chi connectivity index (χ1n) is 5.28. The summed E-state index contributed by atoms with van der Waals surface area (Å²) in [7, 11) is 1.53. The standard InChI is InChI=1S/C12H14N2O4/c1-8(12(17)13-2)18-10-5-3-9(14-7-10)4-6-11(15)16/h3-8H,1-2H3,(H,13,17)(H,15,16). The molecule has 1 amide bonds. The van der Waals surface area contributed by atoms with Crippen molar-refractivity contribution in [1.82, 2.24) is 10.3 Å². The van der Waals surface area contributed by atoms with Gasteiger partial charge < -0.3 is 15.2 Å². The van der Waals surface area contributed by atoms with Gasteiger partial charge >= 0.3 is 5.97 Å². The van der Waals surface area contributed by atoms with Crippen LogP contribution in [-0.4, -0.2) is 35.1 Å². The number of pyridine rings is 1. The van der Waals surface area contributed by atoms with E-state index in [1.165, 1.54) is 19.3 Å². The minimum absolute atomic E-state index is 0.232. The minimum atomic E-state index is -1.04. The third kappa shape index (κ3) is 4.25. The normalized spacial score (nSPS) is 12.1. The number of hydrogen-bond acceptors (Lipinski definition) is 4. The van der Waals surface area contributed by atoms with Crippen molar-refractivity contribution in [2.75, 3.05) is 7.05 Å². The Balaban J connectivity index is 2.66. The second kappa shape index (κ2) is 6.39. The topological polar surface area (TPSA) is 88.5 Å². The first-order valence-corrected chi connectivity index (χ1v) is 5.28. The number of carboxylic acids is 1. The van der Waals surface area contributed by atoms with Gasteiger partial charge in [0.05, 0.1) is 11.9 Å². The lowest BCUT2D eigenvalue weighted by Crippen LogP contribution is -2.33. The molecule has 0 saturated carbocycles. The number of aromatic nitrogens is 1. The van der Waals surface area contributed by atoms with Gasteiger partial charge in [0.15, 0.2) is 6.10 Å². The first kappa shape index (κ1) is 13.7. The van der Waals surface area contributed by atoms with Crippen LogP contribution in [0.2, 0.25) is 0 Å². The van der Waals surface area contributed by atoms with Crippen LogP contribution in [0.5, 0.6) is 5.75 Å². The Kier molecular flexibility index (Phi) is 4.86. The van der Waals surface area contributed by atoms with Gasteiger partial charge in [-0.3, -0.25) is 9.78 Å². The van der Waals surface area contributed by atoms with Crippen LogP contribution >= 0.6 is 0 Å². The molecule has 0 aromatic carbocycles. The maximum Gasteiger partial charge on any atom is 0.328 e.